The zero-order valence-electron chi connectivity index (χ0n) is 7.61. The largest absolute Gasteiger partial charge is 0.480 e. The highest BCUT2D eigenvalue weighted by molar-refractivity contribution is 6.30. The van der Waals surface area contributed by atoms with E-state index in [1.807, 2.05) is 0 Å². The van der Waals surface area contributed by atoms with Gasteiger partial charge in [-0.3, -0.25) is 9.36 Å². The first-order chi connectivity index (χ1) is 6.56. The Morgan fingerprint density at radius 2 is 2.29 bits per heavy atom. The van der Waals surface area contributed by atoms with Crippen molar-refractivity contribution in [3.05, 3.63) is 33.7 Å². The number of pyridine rings is 1. The maximum atomic E-state index is 11.3. The smallest absolute Gasteiger partial charge is 0.326 e. The predicted octanol–water partition coefficient (Wildman–Crippen LogP) is 1.54. The number of hydrogen-bond acceptors (Lipinski definition) is 2. The molecule has 14 heavy (non-hydrogen) atoms. The first-order valence-corrected chi connectivity index (χ1v) is 4.54. The lowest BCUT2D eigenvalue weighted by molar-refractivity contribution is -0.141. The van der Waals surface area contributed by atoms with E-state index in [1.165, 1.54) is 18.3 Å². The number of carboxylic acid groups (broad SMARTS) is 1. The van der Waals surface area contributed by atoms with Gasteiger partial charge < -0.3 is 5.11 Å². The molecule has 0 spiro atoms. The minimum atomic E-state index is -1.03. The number of rotatable bonds is 3. The van der Waals surface area contributed by atoms with E-state index >= 15 is 0 Å². The van der Waals surface area contributed by atoms with Gasteiger partial charge in [0.1, 0.15) is 6.04 Å². The molecule has 1 aromatic rings. The zero-order valence-corrected chi connectivity index (χ0v) is 8.36. The van der Waals surface area contributed by atoms with Gasteiger partial charge in [-0.1, -0.05) is 18.5 Å². The van der Waals surface area contributed by atoms with Crippen LogP contribution < -0.4 is 5.56 Å². The lowest BCUT2D eigenvalue weighted by Crippen LogP contribution is -2.28. The van der Waals surface area contributed by atoms with Crippen molar-refractivity contribution < 1.29 is 9.90 Å². The average molecular weight is 216 g/mol. The Morgan fingerprint density at radius 1 is 1.64 bits per heavy atom. The highest BCUT2D eigenvalue weighted by Gasteiger charge is 2.17. The van der Waals surface area contributed by atoms with Crippen LogP contribution >= 0.6 is 11.6 Å². The van der Waals surface area contributed by atoms with Gasteiger partial charge in [-0.2, -0.15) is 0 Å². The molecule has 1 atom stereocenters. The number of aromatic nitrogens is 1. The van der Waals surface area contributed by atoms with Gasteiger partial charge in [-0.15, -0.1) is 0 Å². The van der Waals surface area contributed by atoms with E-state index in [4.69, 9.17) is 16.7 Å². The first-order valence-electron chi connectivity index (χ1n) is 4.16. The molecular formula is C9H10ClNO3. The molecule has 0 saturated heterocycles. The quantitative estimate of drug-likeness (QED) is 0.832. The standard InChI is InChI=1S/C9H10ClNO3/c1-2-7(9(13)14)11-5-6(10)3-4-8(11)12/h3-5,7H,2H2,1H3,(H,13,14). The lowest BCUT2D eigenvalue weighted by atomic mass is 10.2. The molecule has 0 aliphatic carbocycles. The number of hydrogen-bond donors (Lipinski definition) is 1. The van der Waals surface area contributed by atoms with Crippen molar-refractivity contribution in [3.63, 3.8) is 0 Å². The van der Waals surface area contributed by atoms with Crippen molar-refractivity contribution in [2.45, 2.75) is 19.4 Å². The summed E-state index contributed by atoms with van der Waals surface area (Å²) < 4.78 is 1.13. The fourth-order valence-corrected chi connectivity index (χ4v) is 1.38. The molecular weight excluding hydrogens is 206 g/mol. The molecule has 0 fully saturated rings. The minimum absolute atomic E-state index is 0.343. The van der Waals surface area contributed by atoms with E-state index in [-0.39, 0.29) is 5.56 Å². The van der Waals surface area contributed by atoms with Gasteiger partial charge >= 0.3 is 5.97 Å². The highest BCUT2D eigenvalue weighted by Crippen LogP contribution is 2.12. The van der Waals surface area contributed by atoms with Gasteiger partial charge in [0.05, 0.1) is 5.02 Å². The molecule has 1 aromatic heterocycles. The van der Waals surface area contributed by atoms with Crippen molar-refractivity contribution in [3.8, 4) is 0 Å². The molecule has 0 aliphatic rings. The van der Waals surface area contributed by atoms with E-state index in [2.05, 4.69) is 0 Å². The van der Waals surface area contributed by atoms with Gasteiger partial charge in [0.25, 0.3) is 5.56 Å². The molecule has 1 unspecified atom stereocenters. The van der Waals surface area contributed by atoms with Crippen LogP contribution in [0.4, 0.5) is 0 Å². The third kappa shape index (κ3) is 2.14. The van der Waals surface area contributed by atoms with Gasteiger partial charge in [0, 0.05) is 12.3 Å². The Balaban J connectivity index is 3.22. The van der Waals surface area contributed by atoms with Gasteiger partial charge in [-0.25, -0.2) is 4.79 Å². The molecule has 0 bridgehead atoms. The zero-order chi connectivity index (χ0) is 10.7. The van der Waals surface area contributed by atoms with Gasteiger partial charge in [-0.05, 0) is 12.5 Å². The normalized spacial score (nSPS) is 12.4. The maximum Gasteiger partial charge on any atom is 0.326 e. The Labute approximate surface area is 85.7 Å². The summed E-state index contributed by atoms with van der Waals surface area (Å²) in [5.41, 5.74) is -0.358. The second kappa shape index (κ2) is 4.28. The average Bonchev–Trinajstić information content (AvgIpc) is 2.11. The van der Waals surface area contributed by atoms with Crippen LogP contribution in [0.15, 0.2) is 23.1 Å². The summed E-state index contributed by atoms with van der Waals surface area (Å²) in [6.45, 7) is 1.70. The van der Waals surface area contributed by atoms with Crippen LogP contribution in [0.2, 0.25) is 5.02 Å². The van der Waals surface area contributed by atoms with Crippen LogP contribution in [0.3, 0.4) is 0 Å². The third-order valence-corrected chi connectivity index (χ3v) is 2.13. The summed E-state index contributed by atoms with van der Waals surface area (Å²) in [7, 11) is 0. The van der Waals surface area contributed by atoms with E-state index < -0.39 is 12.0 Å². The van der Waals surface area contributed by atoms with Gasteiger partial charge in [0.2, 0.25) is 0 Å². The first kappa shape index (κ1) is 10.8. The number of carbonyl (C=O) groups is 1. The molecule has 0 radical (unpaired) electrons. The molecule has 0 amide bonds. The van der Waals surface area contributed by atoms with Crippen molar-refractivity contribution in [1.82, 2.24) is 4.57 Å². The topological polar surface area (TPSA) is 59.3 Å². The highest BCUT2D eigenvalue weighted by atomic mass is 35.5. The predicted molar refractivity (Wildman–Crippen MR) is 52.7 cm³/mol. The molecule has 0 aliphatic heterocycles. The van der Waals surface area contributed by atoms with Crippen LogP contribution in [-0.2, 0) is 4.79 Å². The molecule has 4 nitrogen and oxygen atoms in total. The van der Waals surface area contributed by atoms with Crippen LogP contribution in [0.25, 0.3) is 0 Å². The summed E-state index contributed by atoms with van der Waals surface area (Å²) in [4.78, 5) is 22.1. The molecule has 0 saturated carbocycles. The van der Waals surface area contributed by atoms with E-state index in [0.717, 1.165) is 4.57 Å². The fraction of sp³-hybridized carbons (Fsp3) is 0.333. The number of aliphatic carboxylic acids is 1. The van der Waals surface area contributed by atoms with Crippen molar-refractivity contribution in [1.29, 1.82) is 0 Å². The third-order valence-electron chi connectivity index (χ3n) is 1.91. The van der Waals surface area contributed by atoms with E-state index in [1.54, 1.807) is 6.92 Å². The van der Waals surface area contributed by atoms with Crippen molar-refractivity contribution in [2.24, 2.45) is 0 Å². The number of halogens is 1. The second-order valence-electron chi connectivity index (χ2n) is 2.86. The molecule has 1 N–H and O–H groups in total. The van der Waals surface area contributed by atoms with E-state index in [9.17, 15) is 9.59 Å². The molecule has 76 valence electrons. The summed E-state index contributed by atoms with van der Waals surface area (Å²) >= 11 is 5.67. The van der Waals surface area contributed by atoms with Gasteiger partial charge in [0.15, 0.2) is 0 Å². The lowest BCUT2D eigenvalue weighted by Gasteiger charge is -2.13. The van der Waals surface area contributed by atoms with Crippen LogP contribution in [0.1, 0.15) is 19.4 Å². The minimum Gasteiger partial charge on any atom is -0.480 e. The molecule has 1 rings (SSSR count). The van der Waals surface area contributed by atoms with Crippen molar-refractivity contribution >= 4 is 17.6 Å². The summed E-state index contributed by atoms with van der Waals surface area (Å²) in [6.07, 6.45) is 1.68. The molecule has 1 heterocycles. The Kier molecular flexibility index (Phi) is 3.30. The summed E-state index contributed by atoms with van der Waals surface area (Å²) in [5.74, 6) is -1.03. The molecule has 5 heteroatoms. The van der Waals surface area contributed by atoms with Crippen molar-refractivity contribution in [2.75, 3.05) is 0 Å². The van der Waals surface area contributed by atoms with Crippen LogP contribution in [0, 0.1) is 0 Å². The number of carboxylic acids is 1. The molecule has 0 aromatic carbocycles. The Morgan fingerprint density at radius 3 is 2.79 bits per heavy atom. The SMILES string of the molecule is CCC(C(=O)O)n1cc(Cl)ccc1=O. The van der Waals surface area contributed by atoms with Crippen LogP contribution in [-0.4, -0.2) is 15.6 Å². The Bertz CT molecular complexity index is 399. The summed E-state index contributed by atoms with van der Waals surface area (Å²) in [6, 6.07) is 1.85. The fourth-order valence-electron chi connectivity index (χ4n) is 1.21. The van der Waals surface area contributed by atoms with E-state index in [0.29, 0.717) is 11.4 Å². The summed E-state index contributed by atoms with van der Waals surface area (Å²) in [5, 5.41) is 9.19. The number of nitrogens with zero attached hydrogens (tertiary/aromatic N) is 1. The monoisotopic (exact) mass is 215 g/mol. The Hall–Kier alpha value is -1.29. The maximum absolute atomic E-state index is 11.3. The van der Waals surface area contributed by atoms with Crippen LogP contribution in [0.5, 0.6) is 0 Å². The second-order valence-corrected chi connectivity index (χ2v) is 3.29.